The summed E-state index contributed by atoms with van der Waals surface area (Å²) in [6.45, 7) is 4.10. The quantitative estimate of drug-likeness (QED) is 0.452. The molecular formula is C16H22O5. The molecule has 0 heterocycles. The van der Waals surface area contributed by atoms with Crippen molar-refractivity contribution >= 4 is 11.9 Å². The van der Waals surface area contributed by atoms with E-state index < -0.39 is 17.4 Å². The molecule has 0 aliphatic rings. The first-order chi connectivity index (χ1) is 9.98. The number of carboxylic acid groups (broad SMARTS) is 1. The number of esters is 1. The molecule has 0 bridgehead atoms. The van der Waals surface area contributed by atoms with Crippen LogP contribution in [0.25, 0.3) is 0 Å². The molecule has 0 aromatic heterocycles. The Balaban J connectivity index is 3.25. The van der Waals surface area contributed by atoms with Crippen molar-refractivity contribution in [1.29, 1.82) is 0 Å². The minimum absolute atomic E-state index is 0.137. The van der Waals surface area contributed by atoms with Crippen molar-refractivity contribution in [2.24, 2.45) is 0 Å². The number of aliphatic carboxylic acids is 1. The fourth-order valence-electron chi connectivity index (χ4n) is 2.26. The summed E-state index contributed by atoms with van der Waals surface area (Å²) in [7, 11) is 1.54. The summed E-state index contributed by atoms with van der Waals surface area (Å²) in [6.07, 6.45) is 0.591. The Labute approximate surface area is 124 Å². The number of aryl methyl sites for hydroxylation is 1. The fourth-order valence-corrected chi connectivity index (χ4v) is 2.26. The van der Waals surface area contributed by atoms with Gasteiger partial charge in [0.2, 0.25) is 0 Å². The minimum atomic E-state index is -1.68. The number of carboxylic acids is 1. The standard InChI is InChI=1S/C16H22O5/c1-4-21-15(19)16(14(17)18,10-5-11-20-3)13-8-6-12(2)7-9-13/h6-9H,4-5,10-11H2,1-3H3,(H,17,18). The third-order valence-corrected chi connectivity index (χ3v) is 3.43. The molecule has 0 aliphatic carbocycles. The Hall–Kier alpha value is -1.88. The first-order valence-electron chi connectivity index (χ1n) is 6.95. The predicted octanol–water partition coefficient (Wildman–Crippen LogP) is 2.31. The van der Waals surface area contributed by atoms with Crippen molar-refractivity contribution in [1.82, 2.24) is 0 Å². The number of methoxy groups -OCH3 is 1. The smallest absolute Gasteiger partial charge is 0.328 e. The number of carbonyl (C=O) groups is 2. The first kappa shape index (κ1) is 17.2. The van der Waals surface area contributed by atoms with E-state index in [0.29, 0.717) is 18.6 Å². The van der Waals surface area contributed by atoms with Gasteiger partial charge in [0.1, 0.15) is 0 Å². The van der Waals surface area contributed by atoms with Crippen molar-refractivity contribution < 1.29 is 24.2 Å². The third kappa shape index (κ3) is 3.82. The molecule has 1 rings (SSSR count). The topological polar surface area (TPSA) is 72.8 Å². The molecular weight excluding hydrogens is 272 g/mol. The molecule has 0 amide bonds. The van der Waals surface area contributed by atoms with E-state index in [1.807, 2.05) is 6.92 Å². The van der Waals surface area contributed by atoms with Gasteiger partial charge >= 0.3 is 11.9 Å². The lowest BCUT2D eigenvalue weighted by Crippen LogP contribution is -2.45. The molecule has 0 spiro atoms. The van der Waals surface area contributed by atoms with Gasteiger partial charge < -0.3 is 14.6 Å². The zero-order chi connectivity index (χ0) is 15.9. The van der Waals surface area contributed by atoms with Crippen LogP contribution in [0.2, 0.25) is 0 Å². The maximum absolute atomic E-state index is 12.3. The van der Waals surface area contributed by atoms with Crippen LogP contribution in [0.3, 0.4) is 0 Å². The van der Waals surface area contributed by atoms with E-state index in [0.717, 1.165) is 5.56 Å². The number of hydrogen-bond donors (Lipinski definition) is 1. The number of ether oxygens (including phenoxy) is 2. The molecule has 116 valence electrons. The molecule has 1 N–H and O–H groups in total. The average molecular weight is 294 g/mol. The Kier molecular flexibility index (Phi) is 6.37. The molecule has 0 aliphatic heterocycles. The highest BCUT2D eigenvalue weighted by Crippen LogP contribution is 2.32. The van der Waals surface area contributed by atoms with Crippen LogP contribution in [0.15, 0.2) is 24.3 Å². The summed E-state index contributed by atoms with van der Waals surface area (Å²) >= 11 is 0. The van der Waals surface area contributed by atoms with E-state index in [9.17, 15) is 14.7 Å². The lowest BCUT2D eigenvalue weighted by Gasteiger charge is -2.27. The van der Waals surface area contributed by atoms with Crippen LogP contribution in [0.5, 0.6) is 0 Å². The number of rotatable bonds is 8. The van der Waals surface area contributed by atoms with Crippen LogP contribution >= 0.6 is 0 Å². The van der Waals surface area contributed by atoms with E-state index in [-0.39, 0.29) is 13.0 Å². The van der Waals surface area contributed by atoms with Crippen LogP contribution in [0, 0.1) is 6.92 Å². The summed E-state index contributed by atoms with van der Waals surface area (Å²) < 4.78 is 9.99. The zero-order valence-electron chi connectivity index (χ0n) is 12.7. The van der Waals surface area contributed by atoms with Gasteiger partial charge in [-0.2, -0.15) is 0 Å². The van der Waals surface area contributed by atoms with Gasteiger partial charge in [-0.3, -0.25) is 9.59 Å². The van der Waals surface area contributed by atoms with Crippen molar-refractivity contribution in [2.45, 2.75) is 32.1 Å². The second-order valence-corrected chi connectivity index (χ2v) is 4.89. The lowest BCUT2D eigenvalue weighted by molar-refractivity contribution is -0.162. The third-order valence-electron chi connectivity index (χ3n) is 3.43. The largest absolute Gasteiger partial charge is 0.480 e. The molecule has 0 radical (unpaired) electrons. The van der Waals surface area contributed by atoms with E-state index in [4.69, 9.17) is 9.47 Å². The second-order valence-electron chi connectivity index (χ2n) is 4.89. The molecule has 1 aromatic carbocycles. The lowest BCUT2D eigenvalue weighted by atomic mass is 9.76. The molecule has 1 aromatic rings. The molecule has 1 unspecified atom stereocenters. The second kappa shape index (κ2) is 7.78. The molecule has 5 heteroatoms. The van der Waals surface area contributed by atoms with Crippen molar-refractivity contribution in [3.8, 4) is 0 Å². The SMILES string of the molecule is CCOC(=O)C(CCCOC)(C(=O)O)c1ccc(C)cc1. The Morgan fingerprint density at radius 2 is 1.86 bits per heavy atom. The Morgan fingerprint density at radius 1 is 1.24 bits per heavy atom. The highest BCUT2D eigenvalue weighted by molar-refractivity contribution is 6.05. The van der Waals surface area contributed by atoms with E-state index in [1.54, 1.807) is 38.3 Å². The van der Waals surface area contributed by atoms with Gasteiger partial charge in [-0.05, 0) is 32.3 Å². The average Bonchev–Trinajstić information content (AvgIpc) is 2.45. The Bertz CT molecular complexity index is 480. The zero-order valence-corrected chi connectivity index (χ0v) is 12.7. The maximum atomic E-state index is 12.3. The minimum Gasteiger partial charge on any atom is -0.480 e. The van der Waals surface area contributed by atoms with Crippen molar-refractivity contribution in [3.63, 3.8) is 0 Å². The Morgan fingerprint density at radius 3 is 2.33 bits per heavy atom. The molecule has 0 saturated heterocycles. The van der Waals surface area contributed by atoms with Crippen LogP contribution < -0.4 is 0 Å². The molecule has 0 fully saturated rings. The summed E-state index contributed by atoms with van der Waals surface area (Å²) in [5, 5.41) is 9.70. The number of hydrogen-bond acceptors (Lipinski definition) is 4. The molecule has 5 nitrogen and oxygen atoms in total. The first-order valence-corrected chi connectivity index (χ1v) is 6.95. The molecule has 0 saturated carbocycles. The number of benzene rings is 1. The van der Waals surface area contributed by atoms with Gasteiger partial charge in [0.15, 0.2) is 5.41 Å². The van der Waals surface area contributed by atoms with Gasteiger partial charge in [0.05, 0.1) is 6.61 Å². The van der Waals surface area contributed by atoms with Crippen LogP contribution in [0.1, 0.15) is 30.9 Å². The van der Waals surface area contributed by atoms with Crippen LogP contribution in [-0.2, 0) is 24.5 Å². The maximum Gasteiger partial charge on any atom is 0.328 e. The highest BCUT2D eigenvalue weighted by atomic mass is 16.5. The highest BCUT2D eigenvalue weighted by Gasteiger charge is 2.48. The fraction of sp³-hybridized carbons (Fsp3) is 0.500. The summed E-state index contributed by atoms with van der Waals surface area (Å²) in [5.74, 6) is -1.92. The molecule has 1 atom stereocenters. The van der Waals surface area contributed by atoms with Gasteiger partial charge in [0, 0.05) is 13.7 Å². The summed E-state index contributed by atoms with van der Waals surface area (Å²) in [4.78, 5) is 24.2. The van der Waals surface area contributed by atoms with E-state index in [2.05, 4.69) is 0 Å². The van der Waals surface area contributed by atoms with Gasteiger partial charge in [-0.1, -0.05) is 29.8 Å². The van der Waals surface area contributed by atoms with Crippen molar-refractivity contribution in [3.05, 3.63) is 35.4 Å². The van der Waals surface area contributed by atoms with Crippen LogP contribution in [-0.4, -0.2) is 37.4 Å². The van der Waals surface area contributed by atoms with Gasteiger partial charge in [-0.15, -0.1) is 0 Å². The predicted molar refractivity (Wildman–Crippen MR) is 78.2 cm³/mol. The molecule has 21 heavy (non-hydrogen) atoms. The van der Waals surface area contributed by atoms with Crippen molar-refractivity contribution in [2.75, 3.05) is 20.3 Å². The summed E-state index contributed by atoms with van der Waals surface area (Å²) in [6, 6.07) is 6.94. The summed E-state index contributed by atoms with van der Waals surface area (Å²) in [5.41, 5.74) is -0.239. The normalized spacial score (nSPS) is 13.5. The monoisotopic (exact) mass is 294 g/mol. The van der Waals surface area contributed by atoms with E-state index in [1.165, 1.54) is 0 Å². The number of carbonyl (C=O) groups excluding carboxylic acids is 1. The van der Waals surface area contributed by atoms with Gasteiger partial charge in [-0.25, -0.2) is 0 Å². The van der Waals surface area contributed by atoms with E-state index >= 15 is 0 Å². The van der Waals surface area contributed by atoms with Crippen LogP contribution in [0.4, 0.5) is 0 Å². The van der Waals surface area contributed by atoms with Gasteiger partial charge in [0.25, 0.3) is 0 Å².